The molecule has 1 unspecified atom stereocenters. The first-order valence-electron chi connectivity index (χ1n) is 10.1. The van der Waals surface area contributed by atoms with Crippen LogP contribution in [0.1, 0.15) is 24.3 Å². The quantitative estimate of drug-likeness (QED) is 0.557. The molecule has 0 saturated carbocycles. The van der Waals surface area contributed by atoms with Gasteiger partial charge in [0.2, 0.25) is 17.6 Å². The number of likely N-dealkylation sites (tertiary alicyclic amines) is 1. The molecule has 1 aromatic heterocycles. The van der Waals surface area contributed by atoms with Gasteiger partial charge in [0.15, 0.2) is 0 Å². The number of rotatable bonds is 5. The molecule has 32 heavy (non-hydrogen) atoms. The number of halogens is 4. The van der Waals surface area contributed by atoms with Crippen molar-refractivity contribution >= 4 is 23.2 Å². The molecule has 1 aliphatic rings. The highest BCUT2D eigenvalue weighted by molar-refractivity contribution is 6.30. The Hall–Kier alpha value is -2.91. The van der Waals surface area contributed by atoms with Crippen LogP contribution < -0.4 is 5.32 Å². The van der Waals surface area contributed by atoms with Crippen LogP contribution in [0, 0.1) is 5.92 Å². The van der Waals surface area contributed by atoms with Gasteiger partial charge in [-0.3, -0.25) is 9.69 Å². The molecule has 6 nitrogen and oxygen atoms in total. The van der Waals surface area contributed by atoms with Crippen LogP contribution in [0.25, 0.3) is 11.4 Å². The summed E-state index contributed by atoms with van der Waals surface area (Å²) < 4.78 is 43.4. The Balaban J connectivity index is 1.34. The maximum absolute atomic E-state index is 12.7. The van der Waals surface area contributed by atoms with Crippen molar-refractivity contribution < 1.29 is 22.5 Å². The van der Waals surface area contributed by atoms with Crippen LogP contribution >= 0.6 is 11.6 Å². The summed E-state index contributed by atoms with van der Waals surface area (Å²) in [5.74, 6) is 0.399. The van der Waals surface area contributed by atoms with Gasteiger partial charge in [-0.1, -0.05) is 16.8 Å². The molecule has 0 spiro atoms. The lowest BCUT2D eigenvalue weighted by Crippen LogP contribution is -2.40. The van der Waals surface area contributed by atoms with Crippen LogP contribution in [-0.2, 0) is 17.5 Å². The first kappa shape index (κ1) is 22.3. The van der Waals surface area contributed by atoms with Gasteiger partial charge in [-0.05, 0) is 67.9 Å². The number of hydrogen-bond acceptors (Lipinski definition) is 5. The summed E-state index contributed by atoms with van der Waals surface area (Å²) in [5, 5.41) is 7.33. The minimum atomic E-state index is -4.41. The highest BCUT2D eigenvalue weighted by Gasteiger charge is 2.30. The molecule has 1 atom stereocenters. The number of aromatic nitrogens is 2. The lowest BCUT2D eigenvalue weighted by molar-refractivity contribution is -0.137. The Kier molecular flexibility index (Phi) is 6.48. The molecule has 0 bridgehead atoms. The molecular formula is C22H20ClF3N4O2. The average molecular weight is 465 g/mol. The molecule has 10 heteroatoms. The minimum Gasteiger partial charge on any atom is -0.338 e. The predicted octanol–water partition coefficient (Wildman–Crippen LogP) is 5.26. The molecule has 168 valence electrons. The van der Waals surface area contributed by atoms with Crippen molar-refractivity contribution in [3.05, 3.63) is 65.0 Å². The molecule has 2 aromatic carbocycles. The average Bonchev–Trinajstić information content (AvgIpc) is 3.22. The molecule has 4 rings (SSSR count). The van der Waals surface area contributed by atoms with E-state index >= 15 is 0 Å². The summed E-state index contributed by atoms with van der Waals surface area (Å²) in [6, 6.07) is 11.5. The van der Waals surface area contributed by atoms with Gasteiger partial charge in [0.1, 0.15) is 0 Å². The van der Waals surface area contributed by atoms with E-state index in [2.05, 4.69) is 20.4 Å². The Morgan fingerprint density at radius 3 is 2.56 bits per heavy atom. The summed E-state index contributed by atoms with van der Waals surface area (Å²) in [7, 11) is 0. The van der Waals surface area contributed by atoms with Crippen molar-refractivity contribution in [2.24, 2.45) is 5.92 Å². The molecular weight excluding hydrogens is 445 g/mol. The Labute approximate surface area is 187 Å². The number of hydrogen-bond donors (Lipinski definition) is 1. The number of nitrogens with zero attached hydrogens (tertiary/aromatic N) is 3. The number of carbonyl (C=O) groups excluding carboxylic acids is 1. The highest BCUT2D eigenvalue weighted by Crippen LogP contribution is 2.30. The zero-order valence-corrected chi connectivity index (χ0v) is 17.7. The molecule has 1 saturated heterocycles. The third-order valence-corrected chi connectivity index (χ3v) is 5.54. The van der Waals surface area contributed by atoms with E-state index in [1.165, 1.54) is 12.1 Å². The van der Waals surface area contributed by atoms with Gasteiger partial charge in [-0.2, -0.15) is 18.2 Å². The highest BCUT2D eigenvalue weighted by atomic mass is 35.5. The minimum absolute atomic E-state index is 0.221. The van der Waals surface area contributed by atoms with E-state index in [1.54, 1.807) is 24.3 Å². The fraction of sp³-hybridized carbons (Fsp3) is 0.318. The summed E-state index contributed by atoms with van der Waals surface area (Å²) in [4.78, 5) is 19.1. The predicted molar refractivity (Wildman–Crippen MR) is 113 cm³/mol. The molecule has 0 radical (unpaired) electrons. The number of anilines is 1. The number of alkyl halides is 3. The molecule has 3 aromatic rings. The van der Waals surface area contributed by atoms with Gasteiger partial charge in [-0.15, -0.1) is 0 Å². The second-order valence-electron chi connectivity index (χ2n) is 7.66. The van der Waals surface area contributed by atoms with Crippen LogP contribution in [0.2, 0.25) is 5.02 Å². The molecule has 1 aliphatic heterocycles. The topological polar surface area (TPSA) is 71.3 Å². The molecule has 2 heterocycles. The normalized spacial score (nSPS) is 17.3. The molecule has 1 N–H and O–H groups in total. The van der Waals surface area contributed by atoms with Crippen molar-refractivity contribution in [1.29, 1.82) is 0 Å². The van der Waals surface area contributed by atoms with Crippen LogP contribution in [0.5, 0.6) is 0 Å². The summed E-state index contributed by atoms with van der Waals surface area (Å²) in [5.41, 5.74) is 0.373. The van der Waals surface area contributed by atoms with Gasteiger partial charge < -0.3 is 9.84 Å². The lowest BCUT2D eigenvalue weighted by atomic mass is 9.97. The van der Waals surface area contributed by atoms with Crippen molar-refractivity contribution in [3.8, 4) is 11.4 Å². The van der Waals surface area contributed by atoms with Crippen LogP contribution in [0.15, 0.2) is 53.1 Å². The third kappa shape index (κ3) is 5.46. The maximum Gasteiger partial charge on any atom is 0.416 e. The van der Waals surface area contributed by atoms with E-state index in [-0.39, 0.29) is 11.8 Å². The number of amides is 1. The third-order valence-electron chi connectivity index (χ3n) is 5.29. The Morgan fingerprint density at radius 1 is 1.16 bits per heavy atom. The molecule has 0 aliphatic carbocycles. The summed E-state index contributed by atoms with van der Waals surface area (Å²) in [6.07, 6.45) is -2.90. The van der Waals surface area contributed by atoms with Crippen LogP contribution in [-0.4, -0.2) is 34.0 Å². The first-order valence-corrected chi connectivity index (χ1v) is 10.4. The van der Waals surface area contributed by atoms with E-state index in [9.17, 15) is 18.0 Å². The number of piperidine rings is 1. The van der Waals surface area contributed by atoms with E-state index in [0.29, 0.717) is 41.9 Å². The Bertz CT molecular complexity index is 1070. The smallest absolute Gasteiger partial charge is 0.338 e. The number of benzene rings is 2. The zero-order chi connectivity index (χ0) is 22.7. The van der Waals surface area contributed by atoms with E-state index < -0.39 is 11.7 Å². The van der Waals surface area contributed by atoms with E-state index in [4.69, 9.17) is 16.1 Å². The first-order chi connectivity index (χ1) is 15.3. The Morgan fingerprint density at radius 2 is 1.88 bits per heavy atom. The van der Waals surface area contributed by atoms with E-state index in [0.717, 1.165) is 30.7 Å². The van der Waals surface area contributed by atoms with Crippen molar-refractivity contribution in [3.63, 3.8) is 0 Å². The molecule has 1 fully saturated rings. The monoisotopic (exact) mass is 464 g/mol. The fourth-order valence-electron chi connectivity index (χ4n) is 3.63. The van der Waals surface area contributed by atoms with Gasteiger partial charge >= 0.3 is 6.18 Å². The van der Waals surface area contributed by atoms with Gasteiger partial charge in [0.25, 0.3) is 0 Å². The maximum atomic E-state index is 12.7. The summed E-state index contributed by atoms with van der Waals surface area (Å²) in [6.45, 7) is 1.68. The largest absolute Gasteiger partial charge is 0.416 e. The second-order valence-corrected chi connectivity index (χ2v) is 8.09. The standard InChI is InChI=1S/C22H20ClF3N4O2/c23-17-7-3-14(4-8-17)20-28-19(32-29-20)13-30-11-1-2-15(12-30)21(31)27-18-9-5-16(6-10-18)22(24,25)26/h3-10,15H,1-2,11-13H2,(H,27,31). The van der Waals surface area contributed by atoms with Gasteiger partial charge in [0, 0.05) is 22.8 Å². The fourth-order valence-corrected chi connectivity index (χ4v) is 3.75. The van der Waals surface area contributed by atoms with Gasteiger partial charge in [0.05, 0.1) is 18.0 Å². The van der Waals surface area contributed by atoms with Crippen molar-refractivity contribution in [2.75, 3.05) is 18.4 Å². The second kappa shape index (κ2) is 9.30. The van der Waals surface area contributed by atoms with Crippen LogP contribution in [0.4, 0.5) is 18.9 Å². The number of nitrogens with one attached hydrogen (secondary N) is 1. The SMILES string of the molecule is O=C(Nc1ccc(C(F)(F)F)cc1)C1CCCN(Cc2nc(-c3ccc(Cl)cc3)no2)C1. The number of carbonyl (C=O) groups is 1. The van der Waals surface area contributed by atoms with Crippen LogP contribution in [0.3, 0.4) is 0 Å². The van der Waals surface area contributed by atoms with Crippen molar-refractivity contribution in [1.82, 2.24) is 15.0 Å². The summed E-state index contributed by atoms with van der Waals surface area (Å²) >= 11 is 5.90. The van der Waals surface area contributed by atoms with E-state index in [1.807, 2.05) is 0 Å². The van der Waals surface area contributed by atoms with Gasteiger partial charge in [-0.25, -0.2) is 0 Å². The van der Waals surface area contributed by atoms with Crippen molar-refractivity contribution in [2.45, 2.75) is 25.6 Å². The lowest BCUT2D eigenvalue weighted by Gasteiger charge is -2.30. The zero-order valence-electron chi connectivity index (χ0n) is 16.9. The molecule has 1 amide bonds.